The van der Waals surface area contributed by atoms with Crippen molar-refractivity contribution in [2.45, 2.75) is 89.9 Å². The van der Waals surface area contributed by atoms with Crippen molar-refractivity contribution in [2.24, 2.45) is 0 Å². The molecule has 2 saturated heterocycles. The third kappa shape index (κ3) is 14.0. The summed E-state index contributed by atoms with van der Waals surface area (Å²) in [5.74, 6) is -1.66. The summed E-state index contributed by atoms with van der Waals surface area (Å²) in [4.78, 5) is 48.1. The molecular formula is C34H47F2N5O13S. The molecule has 2 aliphatic heterocycles. The van der Waals surface area contributed by atoms with Gasteiger partial charge >= 0.3 is 12.2 Å². The predicted molar refractivity (Wildman–Crippen MR) is 192 cm³/mol. The van der Waals surface area contributed by atoms with Crippen LogP contribution in [0.3, 0.4) is 0 Å². The number of amides is 2. The molecule has 0 spiro atoms. The minimum Gasteiger partial charge on any atom is -0.488 e. The highest BCUT2D eigenvalue weighted by molar-refractivity contribution is 7.85. The number of ether oxygens (including phenoxy) is 4. The van der Waals surface area contributed by atoms with Gasteiger partial charge in [-0.25, -0.2) is 18.4 Å². The van der Waals surface area contributed by atoms with Gasteiger partial charge in [-0.3, -0.25) is 29.3 Å². The Morgan fingerprint density at radius 1 is 0.782 bits per heavy atom. The van der Waals surface area contributed by atoms with Gasteiger partial charge in [-0.05, 0) is 48.6 Å². The number of nitro groups is 2. The smallest absolute Gasteiger partial charge is 0.410 e. The highest BCUT2D eigenvalue weighted by Gasteiger charge is 2.42. The minimum absolute atomic E-state index is 0.0637. The van der Waals surface area contributed by atoms with Crippen LogP contribution in [0.2, 0.25) is 0 Å². The monoisotopic (exact) mass is 803 g/mol. The average molecular weight is 804 g/mol. The van der Waals surface area contributed by atoms with E-state index in [1.807, 2.05) is 0 Å². The molecule has 2 aromatic carbocycles. The van der Waals surface area contributed by atoms with Gasteiger partial charge in [-0.1, -0.05) is 0 Å². The van der Waals surface area contributed by atoms with Gasteiger partial charge in [-0.2, -0.15) is 8.42 Å². The maximum atomic E-state index is 13.7. The molecule has 0 aromatic heterocycles. The van der Waals surface area contributed by atoms with E-state index in [0.717, 1.165) is 36.6 Å². The number of non-ortho nitro benzene ring substituents is 2. The van der Waals surface area contributed by atoms with Crippen molar-refractivity contribution >= 4 is 33.7 Å². The van der Waals surface area contributed by atoms with Crippen LogP contribution in [0.25, 0.3) is 0 Å². The van der Waals surface area contributed by atoms with Crippen LogP contribution in [-0.2, 0) is 23.8 Å². The third-order valence-corrected chi connectivity index (χ3v) is 8.36. The lowest BCUT2D eigenvalue weighted by molar-refractivity contribution is -0.385. The number of rotatable bonds is 11. The van der Waals surface area contributed by atoms with Crippen LogP contribution in [0, 0.1) is 31.9 Å². The van der Waals surface area contributed by atoms with Gasteiger partial charge in [0.25, 0.3) is 21.5 Å². The molecule has 0 aliphatic carbocycles. The molecule has 55 heavy (non-hydrogen) atoms. The zero-order valence-corrected chi connectivity index (χ0v) is 32.6. The number of hydrogen-bond acceptors (Lipinski definition) is 14. The van der Waals surface area contributed by atoms with Crippen molar-refractivity contribution < 1.29 is 59.8 Å². The molecule has 21 heteroatoms. The van der Waals surface area contributed by atoms with E-state index in [9.17, 15) is 47.0 Å². The standard InChI is InChI=1S/C17H24FN3O5.C17H23FN2O8S/c1-17(2,3)26-16(22)20-6-5-15(14(20)10-19-4)25-13-8-11(18)7-12(9-13)21(23)24;1-17(2,3)28-16(21)19-6-5-15(14(19)10-26-29(4,24)25)27-13-8-11(18)7-12(9-13)20(22)23/h7-9,14-15,19H,5-6,10H2,1-4H3;7-9,14-15H,5-6,10H2,1-4H3/t2*14-,15+/m11/s1. The quantitative estimate of drug-likeness (QED) is 0.176. The number of carbonyl (C=O) groups is 2. The maximum Gasteiger partial charge on any atom is 0.410 e. The van der Waals surface area contributed by atoms with Crippen LogP contribution >= 0.6 is 0 Å². The van der Waals surface area contributed by atoms with Gasteiger partial charge in [0.05, 0.1) is 59.1 Å². The average Bonchev–Trinajstić information content (AvgIpc) is 3.61. The summed E-state index contributed by atoms with van der Waals surface area (Å²) in [5, 5.41) is 24.8. The second kappa shape index (κ2) is 18.2. The molecular weight excluding hydrogens is 756 g/mol. The van der Waals surface area contributed by atoms with Crippen molar-refractivity contribution in [1.82, 2.24) is 15.1 Å². The lowest BCUT2D eigenvalue weighted by atomic mass is 10.1. The van der Waals surface area contributed by atoms with E-state index >= 15 is 0 Å². The molecule has 1 N–H and O–H groups in total. The highest BCUT2D eigenvalue weighted by Crippen LogP contribution is 2.30. The SMILES string of the molecule is CC(C)(C)OC(=O)N1CC[C@H](Oc2cc(F)cc([N+](=O)[O-])c2)[C@H]1COS(C)(=O)=O.CNC[C@@H]1[C@@H](Oc2cc(F)cc([N+](=O)[O-])c2)CCN1C(=O)OC(C)(C)C. The molecule has 18 nitrogen and oxygen atoms in total. The second-order valence-electron chi connectivity index (χ2n) is 14.7. The van der Waals surface area contributed by atoms with Crippen LogP contribution in [0.1, 0.15) is 54.4 Å². The summed E-state index contributed by atoms with van der Waals surface area (Å²) in [7, 11) is -2.05. The van der Waals surface area contributed by atoms with Gasteiger partial charge in [0.15, 0.2) is 0 Å². The summed E-state index contributed by atoms with van der Waals surface area (Å²) in [5.41, 5.74) is -2.27. The molecule has 2 aliphatic rings. The Kier molecular flexibility index (Phi) is 14.7. The molecule has 0 saturated carbocycles. The van der Waals surface area contributed by atoms with E-state index < -0.39 is 85.5 Å². The van der Waals surface area contributed by atoms with Crippen molar-refractivity contribution in [3.05, 3.63) is 68.3 Å². The Balaban J connectivity index is 0.000000297. The first-order chi connectivity index (χ1) is 25.4. The summed E-state index contributed by atoms with van der Waals surface area (Å²) in [6.45, 7) is 11.0. The van der Waals surface area contributed by atoms with E-state index in [4.69, 9.17) is 23.1 Å². The molecule has 0 unspecified atom stereocenters. The number of nitro benzene ring substituents is 2. The number of nitrogens with zero attached hydrogens (tertiary/aromatic N) is 4. The Labute approximate surface area is 317 Å². The lowest BCUT2D eigenvalue weighted by Gasteiger charge is -2.30. The molecule has 4 rings (SSSR count). The fraction of sp³-hybridized carbons (Fsp3) is 0.588. The van der Waals surface area contributed by atoms with E-state index in [0.29, 0.717) is 19.5 Å². The van der Waals surface area contributed by atoms with Crippen LogP contribution < -0.4 is 14.8 Å². The fourth-order valence-corrected chi connectivity index (χ4v) is 6.04. The van der Waals surface area contributed by atoms with Gasteiger partial charge < -0.3 is 29.2 Å². The van der Waals surface area contributed by atoms with Gasteiger partial charge in [-0.15, -0.1) is 0 Å². The maximum absolute atomic E-state index is 13.7. The number of carbonyl (C=O) groups excluding carboxylic acids is 2. The Morgan fingerprint density at radius 3 is 1.55 bits per heavy atom. The van der Waals surface area contributed by atoms with Crippen LogP contribution in [0.15, 0.2) is 36.4 Å². The largest absolute Gasteiger partial charge is 0.488 e. The van der Waals surface area contributed by atoms with Crippen molar-refractivity contribution in [3.63, 3.8) is 0 Å². The van der Waals surface area contributed by atoms with Crippen LogP contribution in [0.4, 0.5) is 29.7 Å². The van der Waals surface area contributed by atoms with E-state index in [2.05, 4.69) is 5.32 Å². The minimum atomic E-state index is -3.80. The fourth-order valence-electron chi connectivity index (χ4n) is 5.65. The topological polar surface area (TPSA) is 219 Å². The number of likely N-dealkylation sites (N-methyl/N-ethyl adjacent to an activating group) is 1. The van der Waals surface area contributed by atoms with E-state index in [-0.39, 0.29) is 36.2 Å². The first kappa shape index (κ1) is 44.5. The van der Waals surface area contributed by atoms with E-state index in [1.165, 1.54) is 11.0 Å². The molecule has 2 heterocycles. The molecule has 306 valence electrons. The Morgan fingerprint density at radius 2 is 1.18 bits per heavy atom. The van der Waals surface area contributed by atoms with Crippen LogP contribution in [0.5, 0.6) is 11.5 Å². The molecule has 2 aromatic rings. The van der Waals surface area contributed by atoms with Gasteiger partial charge in [0.2, 0.25) is 0 Å². The number of halogens is 2. The number of likely N-dealkylation sites (tertiary alicyclic amines) is 2. The molecule has 2 amide bonds. The Hall–Kier alpha value is -4.89. The zero-order chi connectivity index (χ0) is 41.5. The number of benzene rings is 2. The third-order valence-electron chi connectivity index (χ3n) is 7.80. The lowest BCUT2D eigenvalue weighted by Crippen LogP contribution is -2.48. The van der Waals surface area contributed by atoms with Crippen molar-refractivity contribution in [3.8, 4) is 11.5 Å². The summed E-state index contributed by atoms with van der Waals surface area (Å²) >= 11 is 0. The summed E-state index contributed by atoms with van der Waals surface area (Å²) in [6, 6.07) is 4.68. The Bertz CT molecular complexity index is 1820. The molecule has 0 bridgehead atoms. The summed E-state index contributed by atoms with van der Waals surface area (Å²) < 4.78 is 77.1. The first-order valence-corrected chi connectivity index (χ1v) is 18.9. The van der Waals surface area contributed by atoms with Crippen molar-refractivity contribution in [2.75, 3.05) is 39.5 Å². The van der Waals surface area contributed by atoms with Gasteiger partial charge in [0.1, 0.15) is 46.5 Å². The predicted octanol–water partition coefficient (Wildman–Crippen LogP) is 5.18. The first-order valence-electron chi connectivity index (χ1n) is 17.1. The normalized spacial score (nSPS) is 20.0. The molecule has 2 fully saturated rings. The zero-order valence-electron chi connectivity index (χ0n) is 31.8. The molecule has 4 atom stereocenters. The molecule has 0 radical (unpaired) electrons. The van der Waals surface area contributed by atoms with E-state index in [1.54, 1.807) is 53.5 Å². The number of hydrogen-bond donors (Lipinski definition) is 1. The number of nitrogens with one attached hydrogen (secondary N) is 1. The van der Waals surface area contributed by atoms with Gasteiger partial charge in [0, 0.05) is 44.6 Å². The van der Waals surface area contributed by atoms with Crippen molar-refractivity contribution in [1.29, 1.82) is 0 Å². The second-order valence-corrected chi connectivity index (χ2v) is 16.4. The summed E-state index contributed by atoms with van der Waals surface area (Å²) in [6.07, 6.45) is -0.713. The van der Waals surface area contributed by atoms with Crippen LogP contribution in [-0.4, -0.2) is 115 Å². The highest BCUT2D eigenvalue weighted by atomic mass is 32.2.